The van der Waals surface area contributed by atoms with Crippen molar-refractivity contribution in [3.63, 3.8) is 0 Å². The Bertz CT molecular complexity index is 1220. The van der Waals surface area contributed by atoms with E-state index in [0.717, 1.165) is 23.6 Å². The van der Waals surface area contributed by atoms with Crippen molar-refractivity contribution in [2.24, 2.45) is 0 Å². The number of benzene rings is 2. The lowest BCUT2D eigenvalue weighted by Crippen LogP contribution is -2.15. The van der Waals surface area contributed by atoms with Gasteiger partial charge in [-0.3, -0.25) is 4.79 Å². The maximum atomic E-state index is 12.6. The van der Waals surface area contributed by atoms with Crippen LogP contribution < -0.4 is 19.5 Å². The Kier molecular flexibility index (Phi) is 10.3. The molecule has 1 heterocycles. The van der Waals surface area contributed by atoms with Gasteiger partial charge in [-0.25, -0.2) is 0 Å². The number of nitrogens with zero attached hydrogens (tertiary/aromatic N) is 3. The van der Waals surface area contributed by atoms with Crippen LogP contribution in [0.1, 0.15) is 17.8 Å². The molecule has 0 spiro atoms. The fraction of sp³-hybridized carbons (Fsp3) is 0.320. The maximum absolute atomic E-state index is 12.6. The summed E-state index contributed by atoms with van der Waals surface area (Å²) in [6, 6.07) is 8.76. The van der Waals surface area contributed by atoms with Gasteiger partial charge in [-0.15, -0.1) is 16.8 Å². The molecule has 1 aromatic heterocycles. The molecule has 2 aromatic carbocycles. The van der Waals surface area contributed by atoms with Crippen molar-refractivity contribution in [2.45, 2.75) is 31.5 Å². The van der Waals surface area contributed by atoms with Crippen LogP contribution in [0.25, 0.3) is 0 Å². The lowest BCUT2D eigenvalue weighted by atomic mass is 10.2. The van der Waals surface area contributed by atoms with Crippen molar-refractivity contribution in [3.8, 4) is 17.2 Å². The van der Waals surface area contributed by atoms with Gasteiger partial charge < -0.3 is 24.1 Å². The number of amides is 1. The topological polar surface area (TPSA) is 87.5 Å². The summed E-state index contributed by atoms with van der Waals surface area (Å²) >= 11 is 13.4. The van der Waals surface area contributed by atoms with Crippen LogP contribution in [0.4, 0.5) is 5.69 Å². The third-order valence-corrected chi connectivity index (χ3v) is 6.62. The van der Waals surface area contributed by atoms with Gasteiger partial charge in [0.05, 0.1) is 37.3 Å². The Balaban J connectivity index is 1.57. The number of anilines is 1. The van der Waals surface area contributed by atoms with Gasteiger partial charge in [0.1, 0.15) is 23.1 Å². The number of hydrogen-bond donors (Lipinski definition) is 1. The zero-order chi connectivity index (χ0) is 26.1. The van der Waals surface area contributed by atoms with E-state index in [1.54, 1.807) is 18.2 Å². The minimum atomic E-state index is -0.232. The van der Waals surface area contributed by atoms with Crippen molar-refractivity contribution in [1.82, 2.24) is 14.8 Å². The van der Waals surface area contributed by atoms with Gasteiger partial charge in [-0.05, 0) is 37.1 Å². The first-order valence-electron chi connectivity index (χ1n) is 11.1. The summed E-state index contributed by atoms with van der Waals surface area (Å²) in [5.74, 6) is 2.38. The molecule has 0 aliphatic rings. The summed E-state index contributed by atoms with van der Waals surface area (Å²) in [4.78, 5) is 12.6. The molecule has 0 radical (unpaired) electrons. The Morgan fingerprint density at radius 1 is 1.14 bits per heavy atom. The molecule has 1 N–H and O–H groups in total. The van der Waals surface area contributed by atoms with Crippen molar-refractivity contribution in [2.75, 3.05) is 31.9 Å². The summed E-state index contributed by atoms with van der Waals surface area (Å²) in [5.41, 5.74) is 1.46. The number of methoxy groups -OCH3 is 2. The Morgan fingerprint density at radius 3 is 2.61 bits per heavy atom. The molecule has 0 bridgehead atoms. The second-order valence-corrected chi connectivity index (χ2v) is 9.47. The molecule has 0 aliphatic heterocycles. The number of aryl methyl sites for hydroxylation is 2. The highest BCUT2D eigenvalue weighted by molar-refractivity contribution is 7.99. The third-order valence-electron chi connectivity index (χ3n) is 5.12. The molecule has 0 atom stereocenters. The molecular formula is C25H28Cl2N4O4S. The number of rotatable bonds is 13. The van der Waals surface area contributed by atoms with E-state index < -0.39 is 0 Å². The minimum absolute atomic E-state index is 0.127. The second kappa shape index (κ2) is 13.4. The first-order valence-corrected chi connectivity index (χ1v) is 12.9. The number of halogens is 2. The zero-order valence-electron chi connectivity index (χ0n) is 20.3. The van der Waals surface area contributed by atoms with E-state index in [1.807, 2.05) is 29.7 Å². The fourth-order valence-electron chi connectivity index (χ4n) is 3.38. The van der Waals surface area contributed by atoms with Crippen LogP contribution in [0.2, 0.25) is 10.0 Å². The van der Waals surface area contributed by atoms with Gasteiger partial charge in [-0.1, -0.05) is 41.0 Å². The SMILES string of the molecule is C=CCn1c(CCCOc2ccc(Cl)cc2C)nnc1SCC(=O)Nc1cc(OC)c(Cl)cc1OC. The molecular weight excluding hydrogens is 523 g/mol. The number of ether oxygens (including phenoxy) is 3. The van der Waals surface area contributed by atoms with Crippen LogP contribution in [0.5, 0.6) is 17.2 Å². The highest BCUT2D eigenvalue weighted by Crippen LogP contribution is 2.36. The molecule has 0 fully saturated rings. The predicted molar refractivity (Wildman–Crippen MR) is 144 cm³/mol. The summed E-state index contributed by atoms with van der Waals surface area (Å²) in [7, 11) is 3.01. The highest BCUT2D eigenvalue weighted by Gasteiger charge is 2.16. The van der Waals surface area contributed by atoms with Crippen LogP contribution in [0.15, 0.2) is 48.1 Å². The summed E-state index contributed by atoms with van der Waals surface area (Å²) in [6.07, 6.45) is 3.19. The Hall–Kier alpha value is -2.88. The monoisotopic (exact) mass is 550 g/mol. The van der Waals surface area contributed by atoms with E-state index in [9.17, 15) is 4.79 Å². The van der Waals surface area contributed by atoms with Crippen LogP contribution in [-0.4, -0.2) is 47.3 Å². The van der Waals surface area contributed by atoms with Crippen LogP contribution in [0.3, 0.4) is 0 Å². The van der Waals surface area contributed by atoms with E-state index >= 15 is 0 Å². The van der Waals surface area contributed by atoms with E-state index in [4.69, 9.17) is 37.4 Å². The normalized spacial score (nSPS) is 10.7. The smallest absolute Gasteiger partial charge is 0.234 e. The van der Waals surface area contributed by atoms with E-state index in [-0.39, 0.29) is 11.7 Å². The standard InChI is InChI=1S/C25H28Cl2N4O4S/c1-5-10-31-23(7-6-11-35-20-9-8-17(26)12-16(20)2)29-30-25(31)36-15-24(32)28-19-14-21(33-3)18(27)13-22(19)34-4/h5,8-9,12-14H,1,6-7,10-11,15H2,2-4H3,(H,28,32). The van der Waals surface area contributed by atoms with Crippen LogP contribution >= 0.6 is 35.0 Å². The minimum Gasteiger partial charge on any atom is -0.495 e. The molecule has 0 saturated heterocycles. The quantitative estimate of drug-likeness (QED) is 0.162. The van der Waals surface area contributed by atoms with Crippen molar-refractivity contribution in [1.29, 1.82) is 0 Å². The molecule has 36 heavy (non-hydrogen) atoms. The third kappa shape index (κ3) is 7.32. The first-order chi connectivity index (χ1) is 17.4. The molecule has 3 rings (SSSR count). The molecule has 3 aromatic rings. The number of nitrogens with one attached hydrogen (secondary N) is 1. The maximum Gasteiger partial charge on any atom is 0.234 e. The number of allylic oxidation sites excluding steroid dienone is 1. The van der Waals surface area contributed by atoms with Crippen molar-refractivity contribution >= 4 is 46.6 Å². The Morgan fingerprint density at radius 2 is 1.92 bits per heavy atom. The number of hydrogen-bond acceptors (Lipinski definition) is 7. The van der Waals surface area contributed by atoms with E-state index in [0.29, 0.717) is 52.0 Å². The van der Waals surface area contributed by atoms with Gasteiger partial charge in [0.15, 0.2) is 5.16 Å². The number of carbonyl (C=O) groups is 1. The van der Waals surface area contributed by atoms with Crippen molar-refractivity contribution in [3.05, 3.63) is 64.4 Å². The Labute approximate surface area is 224 Å². The lowest BCUT2D eigenvalue weighted by Gasteiger charge is -2.13. The largest absolute Gasteiger partial charge is 0.495 e. The van der Waals surface area contributed by atoms with Gasteiger partial charge in [0, 0.05) is 30.1 Å². The molecule has 0 saturated carbocycles. The van der Waals surface area contributed by atoms with Gasteiger partial charge in [0.2, 0.25) is 5.91 Å². The highest BCUT2D eigenvalue weighted by atomic mass is 35.5. The predicted octanol–water partition coefficient (Wildman–Crippen LogP) is 5.84. The van der Waals surface area contributed by atoms with E-state index in [2.05, 4.69) is 22.1 Å². The lowest BCUT2D eigenvalue weighted by molar-refractivity contribution is -0.113. The molecule has 0 unspecified atom stereocenters. The van der Waals surface area contributed by atoms with Crippen LogP contribution in [-0.2, 0) is 17.8 Å². The summed E-state index contributed by atoms with van der Waals surface area (Å²) in [5, 5.41) is 13.1. The summed E-state index contributed by atoms with van der Waals surface area (Å²) in [6.45, 7) is 6.85. The zero-order valence-corrected chi connectivity index (χ0v) is 22.7. The number of aromatic nitrogens is 3. The van der Waals surface area contributed by atoms with E-state index in [1.165, 1.54) is 26.0 Å². The average Bonchev–Trinajstić information content (AvgIpc) is 3.24. The molecule has 0 aliphatic carbocycles. The number of carbonyl (C=O) groups excluding carboxylic acids is 1. The van der Waals surface area contributed by atoms with Crippen LogP contribution in [0, 0.1) is 6.92 Å². The van der Waals surface area contributed by atoms with Gasteiger partial charge in [-0.2, -0.15) is 0 Å². The van der Waals surface area contributed by atoms with Crippen molar-refractivity contribution < 1.29 is 19.0 Å². The molecule has 192 valence electrons. The van der Waals surface area contributed by atoms with Gasteiger partial charge >= 0.3 is 0 Å². The molecule has 1 amide bonds. The first kappa shape index (κ1) is 27.7. The second-order valence-electron chi connectivity index (χ2n) is 7.68. The molecule has 11 heteroatoms. The summed E-state index contributed by atoms with van der Waals surface area (Å²) < 4.78 is 18.4. The van der Waals surface area contributed by atoms with Gasteiger partial charge in [0.25, 0.3) is 0 Å². The fourth-order valence-corrected chi connectivity index (χ4v) is 4.61. The molecule has 8 nitrogen and oxygen atoms in total. The number of thioether (sulfide) groups is 1. The average molecular weight is 551 g/mol.